The Kier molecular flexibility index (Phi) is 5.27. The Balaban J connectivity index is 2.71. The first-order valence-corrected chi connectivity index (χ1v) is 5.59. The van der Waals surface area contributed by atoms with Gasteiger partial charge >= 0.3 is 0 Å². The molecule has 0 amide bonds. The number of hydrogen-bond acceptors (Lipinski definition) is 3. The lowest BCUT2D eigenvalue weighted by Crippen LogP contribution is -2.04. The molecule has 2 N–H and O–H groups in total. The maximum atomic E-state index is 13.5. The summed E-state index contributed by atoms with van der Waals surface area (Å²) in [5.41, 5.74) is 7.15. The average Bonchev–Trinajstić information content (AvgIpc) is 2.34. The number of nitrogens with two attached hydrogens (primary N) is 1. The molecule has 1 aromatic rings. The number of benzene rings is 1. The van der Waals surface area contributed by atoms with E-state index in [1.807, 2.05) is 13.0 Å². The molecule has 1 aromatic carbocycles. The molecule has 0 aliphatic carbocycles. The van der Waals surface area contributed by atoms with Crippen molar-refractivity contribution in [1.82, 2.24) is 0 Å². The van der Waals surface area contributed by atoms with Gasteiger partial charge in [0, 0.05) is 12.8 Å². The van der Waals surface area contributed by atoms with Crippen molar-refractivity contribution in [3.63, 3.8) is 0 Å². The molecule has 0 radical (unpaired) electrons. The molecule has 4 heteroatoms. The van der Waals surface area contributed by atoms with E-state index in [2.05, 4.69) is 11.6 Å². The van der Waals surface area contributed by atoms with Crippen molar-refractivity contribution < 1.29 is 9.13 Å². The van der Waals surface area contributed by atoms with E-state index >= 15 is 0 Å². The second-order valence-corrected chi connectivity index (χ2v) is 3.76. The van der Waals surface area contributed by atoms with Crippen molar-refractivity contribution in [3.05, 3.63) is 53.7 Å². The van der Waals surface area contributed by atoms with Crippen LogP contribution in [0.15, 0.2) is 47.3 Å². The van der Waals surface area contributed by atoms with Gasteiger partial charge in [-0.2, -0.15) is 0 Å². The van der Waals surface area contributed by atoms with Gasteiger partial charge in [0.25, 0.3) is 0 Å². The topological polar surface area (TPSA) is 47.6 Å². The van der Waals surface area contributed by atoms with E-state index in [1.165, 1.54) is 6.07 Å². The van der Waals surface area contributed by atoms with Crippen molar-refractivity contribution in [2.75, 3.05) is 6.54 Å². The predicted molar refractivity (Wildman–Crippen MR) is 72.2 cm³/mol. The summed E-state index contributed by atoms with van der Waals surface area (Å²) >= 11 is 0. The molecule has 0 aliphatic heterocycles. The first kappa shape index (κ1) is 14.1. The summed E-state index contributed by atoms with van der Waals surface area (Å²) in [6.45, 7) is 7.64. The summed E-state index contributed by atoms with van der Waals surface area (Å²) in [5, 5.41) is 0. The van der Waals surface area contributed by atoms with E-state index < -0.39 is 5.82 Å². The van der Waals surface area contributed by atoms with Crippen LogP contribution in [0.4, 0.5) is 4.39 Å². The van der Waals surface area contributed by atoms with Gasteiger partial charge in [0.15, 0.2) is 11.6 Å². The van der Waals surface area contributed by atoms with Gasteiger partial charge in [0.05, 0.1) is 0 Å². The van der Waals surface area contributed by atoms with Gasteiger partial charge in [-0.1, -0.05) is 12.1 Å². The van der Waals surface area contributed by atoms with Crippen LogP contribution in [0.5, 0.6) is 5.75 Å². The van der Waals surface area contributed by atoms with Crippen LogP contribution in [-0.4, -0.2) is 12.8 Å². The van der Waals surface area contributed by atoms with Crippen molar-refractivity contribution >= 4 is 6.21 Å². The van der Waals surface area contributed by atoms with Gasteiger partial charge in [0.2, 0.25) is 5.88 Å². The third-order valence-corrected chi connectivity index (χ3v) is 2.30. The number of nitrogens with zero attached hydrogens (tertiary/aromatic N) is 1. The first-order valence-electron chi connectivity index (χ1n) is 5.59. The van der Waals surface area contributed by atoms with Crippen molar-refractivity contribution in [2.45, 2.75) is 13.8 Å². The summed E-state index contributed by atoms with van der Waals surface area (Å²) in [6, 6.07) is 4.70. The van der Waals surface area contributed by atoms with Gasteiger partial charge in [-0.3, -0.25) is 0 Å². The SMILES string of the molecule is C=C(/N=C\C(=C/C)CN)Oc1ccc(C)cc1F. The molecule has 0 spiro atoms. The Hall–Kier alpha value is -1.94. The van der Waals surface area contributed by atoms with E-state index in [-0.39, 0.29) is 11.6 Å². The Bertz CT molecular complexity index is 493. The molecule has 0 atom stereocenters. The van der Waals surface area contributed by atoms with Gasteiger partial charge in [0.1, 0.15) is 0 Å². The zero-order chi connectivity index (χ0) is 13.5. The largest absolute Gasteiger partial charge is 0.437 e. The molecule has 0 heterocycles. The van der Waals surface area contributed by atoms with Crippen LogP contribution in [0, 0.1) is 12.7 Å². The molecule has 0 saturated heterocycles. The molecule has 96 valence electrons. The van der Waals surface area contributed by atoms with Crippen LogP contribution in [0.1, 0.15) is 12.5 Å². The van der Waals surface area contributed by atoms with Gasteiger partial charge < -0.3 is 10.5 Å². The Morgan fingerprint density at radius 1 is 1.56 bits per heavy atom. The monoisotopic (exact) mass is 248 g/mol. The highest BCUT2D eigenvalue weighted by Gasteiger charge is 2.04. The highest BCUT2D eigenvalue weighted by Crippen LogP contribution is 2.20. The number of ether oxygens (including phenoxy) is 1. The number of aryl methyl sites for hydroxylation is 1. The Morgan fingerprint density at radius 3 is 2.83 bits per heavy atom. The lowest BCUT2D eigenvalue weighted by molar-refractivity contribution is 0.395. The zero-order valence-electron chi connectivity index (χ0n) is 10.6. The minimum Gasteiger partial charge on any atom is -0.437 e. The lowest BCUT2D eigenvalue weighted by atomic mass is 10.2. The third kappa shape index (κ3) is 4.14. The van der Waals surface area contributed by atoms with E-state index in [9.17, 15) is 4.39 Å². The zero-order valence-corrected chi connectivity index (χ0v) is 10.6. The lowest BCUT2D eigenvalue weighted by Gasteiger charge is -2.06. The summed E-state index contributed by atoms with van der Waals surface area (Å²) in [5.74, 6) is -0.209. The van der Waals surface area contributed by atoms with Gasteiger partial charge in [-0.05, 0) is 43.7 Å². The number of hydrogen-bond donors (Lipinski definition) is 1. The number of allylic oxidation sites excluding steroid dienone is 1. The maximum Gasteiger partial charge on any atom is 0.212 e. The van der Waals surface area contributed by atoms with Crippen LogP contribution in [0.3, 0.4) is 0 Å². The molecule has 18 heavy (non-hydrogen) atoms. The van der Waals surface area contributed by atoms with Gasteiger partial charge in [-0.25, -0.2) is 9.38 Å². The predicted octanol–water partition coefficient (Wildman–Crippen LogP) is 2.96. The summed E-state index contributed by atoms with van der Waals surface area (Å²) < 4.78 is 18.7. The molecular formula is C14H17FN2O. The maximum absolute atomic E-state index is 13.5. The Labute approximate surface area is 106 Å². The average molecular weight is 248 g/mol. The molecule has 1 rings (SSSR count). The molecule has 0 unspecified atom stereocenters. The summed E-state index contributed by atoms with van der Waals surface area (Å²) in [4.78, 5) is 3.97. The minimum absolute atomic E-state index is 0.109. The van der Waals surface area contributed by atoms with Crippen molar-refractivity contribution in [1.29, 1.82) is 0 Å². The van der Waals surface area contributed by atoms with E-state index in [4.69, 9.17) is 10.5 Å². The van der Waals surface area contributed by atoms with Crippen LogP contribution < -0.4 is 10.5 Å². The summed E-state index contributed by atoms with van der Waals surface area (Å²) in [7, 11) is 0. The number of aliphatic imine (C=N–C) groups is 1. The number of rotatable bonds is 5. The molecular weight excluding hydrogens is 231 g/mol. The van der Waals surface area contributed by atoms with E-state index in [0.29, 0.717) is 6.54 Å². The molecule has 0 fully saturated rings. The molecule has 0 aliphatic rings. The Morgan fingerprint density at radius 2 is 2.28 bits per heavy atom. The molecule has 0 bridgehead atoms. The highest BCUT2D eigenvalue weighted by atomic mass is 19.1. The fourth-order valence-electron chi connectivity index (χ4n) is 1.24. The van der Waals surface area contributed by atoms with E-state index in [1.54, 1.807) is 25.3 Å². The standard InChI is InChI=1S/C14H17FN2O/c1-4-12(8-16)9-17-11(3)18-14-6-5-10(2)7-13(14)15/h4-7,9H,3,8,16H2,1-2H3/b12-4-,17-9-. The molecule has 0 saturated carbocycles. The minimum atomic E-state index is -0.434. The fraction of sp³-hybridized carbons (Fsp3) is 0.214. The first-order chi connectivity index (χ1) is 8.56. The quantitative estimate of drug-likeness (QED) is 0.643. The van der Waals surface area contributed by atoms with Crippen LogP contribution in [0.25, 0.3) is 0 Å². The smallest absolute Gasteiger partial charge is 0.212 e. The van der Waals surface area contributed by atoms with Crippen LogP contribution in [-0.2, 0) is 0 Å². The van der Waals surface area contributed by atoms with Gasteiger partial charge in [-0.15, -0.1) is 0 Å². The van der Waals surface area contributed by atoms with Crippen LogP contribution in [0.2, 0.25) is 0 Å². The fourth-order valence-corrected chi connectivity index (χ4v) is 1.24. The van der Waals surface area contributed by atoms with E-state index in [0.717, 1.165) is 11.1 Å². The normalized spacial score (nSPS) is 11.9. The van der Waals surface area contributed by atoms with Crippen LogP contribution >= 0.6 is 0 Å². The second kappa shape index (κ2) is 6.71. The third-order valence-electron chi connectivity index (χ3n) is 2.30. The highest BCUT2D eigenvalue weighted by molar-refractivity contribution is 5.79. The second-order valence-electron chi connectivity index (χ2n) is 3.76. The molecule has 3 nitrogen and oxygen atoms in total. The van der Waals surface area contributed by atoms with Crippen molar-refractivity contribution in [2.24, 2.45) is 10.7 Å². The summed E-state index contributed by atoms with van der Waals surface area (Å²) in [6.07, 6.45) is 3.39. The number of halogens is 1. The van der Waals surface area contributed by atoms with Crippen molar-refractivity contribution in [3.8, 4) is 5.75 Å². The molecule has 0 aromatic heterocycles.